The van der Waals surface area contributed by atoms with E-state index in [1.165, 1.54) is 11.2 Å². The molecule has 1 aromatic heterocycles. The van der Waals surface area contributed by atoms with Gasteiger partial charge >= 0.3 is 0 Å². The van der Waals surface area contributed by atoms with E-state index in [0.717, 1.165) is 0 Å². The maximum atomic E-state index is 11.8. The van der Waals surface area contributed by atoms with Crippen LogP contribution in [0.2, 0.25) is 0 Å². The summed E-state index contributed by atoms with van der Waals surface area (Å²) in [6.45, 7) is 1.64. The lowest BCUT2D eigenvalue weighted by Crippen LogP contribution is -2.35. The van der Waals surface area contributed by atoms with Crippen molar-refractivity contribution in [2.45, 2.75) is 13.0 Å². The number of nitrogens with one attached hydrogen (secondary N) is 1. The van der Waals surface area contributed by atoms with Gasteiger partial charge in [0, 0.05) is 14.1 Å². The number of hydrogen-bond donors (Lipinski definition) is 1. The highest BCUT2D eigenvalue weighted by Crippen LogP contribution is 2.21. The highest BCUT2D eigenvalue weighted by molar-refractivity contribution is 5.85. The molecule has 1 aromatic carbocycles. The first-order chi connectivity index (χ1) is 9.00. The first-order valence-electron chi connectivity index (χ1n) is 5.85. The number of carbonyl (C=O) groups is 1. The van der Waals surface area contributed by atoms with Gasteiger partial charge in [-0.2, -0.15) is 0 Å². The second-order valence-electron chi connectivity index (χ2n) is 4.37. The second kappa shape index (κ2) is 5.09. The van der Waals surface area contributed by atoms with E-state index >= 15 is 0 Å². The van der Waals surface area contributed by atoms with E-state index in [2.05, 4.69) is 9.97 Å². The molecule has 0 fully saturated rings. The monoisotopic (exact) mass is 261 g/mol. The van der Waals surface area contributed by atoms with Crippen molar-refractivity contribution in [3.63, 3.8) is 0 Å². The lowest BCUT2D eigenvalue weighted by molar-refractivity contribution is -0.135. The Kier molecular flexibility index (Phi) is 3.50. The largest absolute Gasteiger partial charge is 0.480 e. The molecule has 6 heteroatoms. The van der Waals surface area contributed by atoms with Crippen molar-refractivity contribution in [3.8, 4) is 5.75 Å². The Morgan fingerprint density at radius 1 is 1.42 bits per heavy atom. The lowest BCUT2D eigenvalue weighted by atomic mass is 10.2. The molecule has 0 radical (unpaired) electrons. The number of aromatic amines is 1. The lowest BCUT2D eigenvalue weighted by Gasteiger charge is -2.18. The third-order valence-electron chi connectivity index (χ3n) is 2.72. The zero-order valence-corrected chi connectivity index (χ0v) is 11.0. The van der Waals surface area contributed by atoms with Crippen LogP contribution in [0, 0.1) is 0 Å². The smallest absolute Gasteiger partial charge is 0.262 e. The van der Waals surface area contributed by atoms with Crippen molar-refractivity contribution in [3.05, 3.63) is 34.9 Å². The average Bonchev–Trinajstić information content (AvgIpc) is 2.38. The Labute approximate surface area is 110 Å². The number of hydrogen-bond acceptors (Lipinski definition) is 4. The summed E-state index contributed by atoms with van der Waals surface area (Å²) in [4.78, 5) is 31.6. The number of aromatic nitrogens is 2. The minimum Gasteiger partial charge on any atom is -0.480 e. The van der Waals surface area contributed by atoms with Crippen molar-refractivity contribution in [1.29, 1.82) is 0 Å². The Morgan fingerprint density at radius 2 is 2.16 bits per heavy atom. The molecule has 0 aliphatic rings. The predicted octanol–water partition coefficient (Wildman–Crippen LogP) is 0.779. The summed E-state index contributed by atoms with van der Waals surface area (Å²) in [5.41, 5.74) is 0.246. The Hall–Kier alpha value is -2.37. The maximum absolute atomic E-state index is 11.8. The SMILES string of the molecule is C[C@H](Oc1cccc2nc[nH]c(=O)c12)C(=O)N(C)C. The quantitative estimate of drug-likeness (QED) is 0.885. The zero-order chi connectivity index (χ0) is 14.0. The molecule has 0 spiro atoms. The van der Waals surface area contributed by atoms with Crippen molar-refractivity contribution < 1.29 is 9.53 Å². The van der Waals surface area contributed by atoms with E-state index in [1.54, 1.807) is 39.2 Å². The zero-order valence-electron chi connectivity index (χ0n) is 11.0. The highest BCUT2D eigenvalue weighted by Gasteiger charge is 2.18. The van der Waals surface area contributed by atoms with Crippen LogP contribution in [-0.2, 0) is 4.79 Å². The summed E-state index contributed by atoms with van der Waals surface area (Å²) in [6.07, 6.45) is 0.670. The molecule has 19 heavy (non-hydrogen) atoms. The van der Waals surface area contributed by atoms with Gasteiger partial charge < -0.3 is 14.6 Å². The first-order valence-corrected chi connectivity index (χ1v) is 5.85. The number of ether oxygens (including phenoxy) is 1. The summed E-state index contributed by atoms with van der Waals surface area (Å²) < 4.78 is 5.58. The van der Waals surface area contributed by atoms with Crippen LogP contribution in [0.1, 0.15) is 6.92 Å². The number of amides is 1. The summed E-state index contributed by atoms with van der Waals surface area (Å²) in [5.74, 6) is 0.187. The summed E-state index contributed by atoms with van der Waals surface area (Å²) in [5, 5.41) is 0.350. The summed E-state index contributed by atoms with van der Waals surface area (Å²) in [7, 11) is 3.30. The molecule has 1 N–H and O–H groups in total. The molecule has 0 bridgehead atoms. The topological polar surface area (TPSA) is 75.3 Å². The Bertz CT molecular complexity index is 658. The number of carbonyl (C=O) groups excluding carboxylic acids is 1. The van der Waals surface area contributed by atoms with Crippen LogP contribution in [0.5, 0.6) is 5.75 Å². The number of fused-ring (bicyclic) bond motifs is 1. The average molecular weight is 261 g/mol. The van der Waals surface area contributed by atoms with Crippen LogP contribution in [0.15, 0.2) is 29.3 Å². The number of benzene rings is 1. The number of rotatable bonds is 3. The van der Waals surface area contributed by atoms with Gasteiger partial charge in [0.05, 0.1) is 11.8 Å². The minimum absolute atomic E-state index is 0.169. The van der Waals surface area contributed by atoms with Crippen LogP contribution in [0.4, 0.5) is 0 Å². The van der Waals surface area contributed by atoms with E-state index in [-0.39, 0.29) is 11.5 Å². The predicted molar refractivity (Wildman–Crippen MR) is 71.1 cm³/mol. The molecule has 1 amide bonds. The molecule has 1 heterocycles. The van der Waals surface area contributed by atoms with E-state index in [9.17, 15) is 9.59 Å². The van der Waals surface area contributed by atoms with Crippen molar-refractivity contribution >= 4 is 16.8 Å². The third kappa shape index (κ3) is 2.57. The van der Waals surface area contributed by atoms with Gasteiger partial charge in [-0.05, 0) is 19.1 Å². The number of H-pyrrole nitrogens is 1. The molecular formula is C13H15N3O3. The van der Waals surface area contributed by atoms with Crippen LogP contribution < -0.4 is 10.3 Å². The second-order valence-corrected chi connectivity index (χ2v) is 4.37. The fraction of sp³-hybridized carbons (Fsp3) is 0.308. The molecule has 6 nitrogen and oxygen atoms in total. The van der Waals surface area contributed by atoms with Gasteiger partial charge in [-0.25, -0.2) is 4.98 Å². The van der Waals surface area contributed by atoms with Crippen molar-refractivity contribution in [2.24, 2.45) is 0 Å². The van der Waals surface area contributed by atoms with Gasteiger partial charge in [0.25, 0.3) is 11.5 Å². The Morgan fingerprint density at radius 3 is 2.84 bits per heavy atom. The molecule has 0 saturated carbocycles. The van der Waals surface area contributed by atoms with E-state index in [0.29, 0.717) is 16.7 Å². The number of likely N-dealkylation sites (N-methyl/N-ethyl adjacent to an activating group) is 1. The fourth-order valence-electron chi connectivity index (χ4n) is 1.79. The van der Waals surface area contributed by atoms with Gasteiger partial charge in [-0.1, -0.05) is 6.07 Å². The third-order valence-corrected chi connectivity index (χ3v) is 2.72. The summed E-state index contributed by atoms with van der Waals surface area (Å²) in [6, 6.07) is 5.10. The minimum atomic E-state index is -0.666. The van der Waals surface area contributed by atoms with E-state index in [4.69, 9.17) is 4.74 Å². The maximum Gasteiger partial charge on any atom is 0.262 e. The standard InChI is InChI=1S/C13H15N3O3/c1-8(13(18)16(2)3)19-10-6-4-5-9-11(10)12(17)15-7-14-9/h4-8H,1-3H3,(H,14,15,17)/t8-/m0/s1. The first kappa shape index (κ1) is 13.1. The van der Waals surface area contributed by atoms with Crippen LogP contribution in [-0.4, -0.2) is 41.0 Å². The molecule has 2 aromatic rings. The summed E-state index contributed by atoms with van der Waals surface area (Å²) >= 11 is 0. The molecular weight excluding hydrogens is 246 g/mol. The highest BCUT2D eigenvalue weighted by atomic mass is 16.5. The normalized spacial score (nSPS) is 12.2. The van der Waals surface area contributed by atoms with Crippen molar-refractivity contribution in [1.82, 2.24) is 14.9 Å². The van der Waals surface area contributed by atoms with Crippen LogP contribution >= 0.6 is 0 Å². The van der Waals surface area contributed by atoms with E-state index < -0.39 is 6.10 Å². The molecule has 0 aliphatic carbocycles. The van der Waals surface area contributed by atoms with Gasteiger partial charge in [-0.15, -0.1) is 0 Å². The van der Waals surface area contributed by atoms with Crippen LogP contribution in [0.3, 0.4) is 0 Å². The molecule has 0 aliphatic heterocycles. The molecule has 0 saturated heterocycles. The molecule has 0 unspecified atom stereocenters. The number of nitrogens with zero attached hydrogens (tertiary/aromatic N) is 2. The van der Waals surface area contributed by atoms with Gasteiger partial charge in [0.15, 0.2) is 6.10 Å². The molecule has 2 rings (SSSR count). The Balaban J connectivity index is 2.41. The van der Waals surface area contributed by atoms with Crippen LogP contribution in [0.25, 0.3) is 10.9 Å². The van der Waals surface area contributed by atoms with Gasteiger partial charge in [-0.3, -0.25) is 9.59 Å². The fourth-order valence-corrected chi connectivity index (χ4v) is 1.79. The van der Waals surface area contributed by atoms with Gasteiger partial charge in [0.2, 0.25) is 0 Å². The van der Waals surface area contributed by atoms with Crippen molar-refractivity contribution in [2.75, 3.05) is 14.1 Å². The molecule has 100 valence electrons. The van der Waals surface area contributed by atoms with E-state index in [1.807, 2.05) is 0 Å². The van der Waals surface area contributed by atoms with Gasteiger partial charge in [0.1, 0.15) is 11.1 Å². The molecule has 1 atom stereocenters.